The van der Waals surface area contributed by atoms with Crippen molar-refractivity contribution in [3.8, 4) is 0 Å². The summed E-state index contributed by atoms with van der Waals surface area (Å²) in [6, 6.07) is 6.59. The predicted octanol–water partition coefficient (Wildman–Crippen LogP) is 1.37. The molecule has 0 saturated heterocycles. The third-order valence-corrected chi connectivity index (χ3v) is 2.38. The Kier molecular flexibility index (Phi) is 2.00. The third-order valence-electron chi connectivity index (χ3n) is 2.38. The Hall–Kier alpha value is -1.02. The van der Waals surface area contributed by atoms with E-state index in [1.165, 1.54) is 23.2 Å². The first-order chi connectivity index (χ1) is 5.90. The summed E-state index contributed by atoms with van der Waals surface area (Å²) < 4.78 is 0. The Morgan fingerprint density at radius 3 is 3.08 bits per heavy atom. The highest BCUT2D eigenvalue weighted by molar-refractivity contribution is 5.48. The first-order valence-corrected chi connectivity index (χ1v) is 4.40. The smallest absolute Gasteiger partial charge is 0.0341 e. The van der Waals surface area contributed by atoms with Crippen molar-refractivity contribution in [1.29, 1.82) is 0 Å². The van der Waals surface area contributed by atoms with Crippen LogP contribution in [0.15, 0.2) is 18.2 Å². The van der Waals surface area contributed by atoms with Crippen molar-refractivity contribution in [3.05, 3.63) is 29.3 Å². The third kappa shape index (κ3) is 1.30. The van der Waals surface area contributed by atoms with Gasteiger partial charge in [-0.1, -0.05) is 6.07 Å². The normalized spacial score (nSPS) is 15.4. The predicted molar refractivity (Wildman–Crippen MR) is 51.4 cm³/mol. The molecule has 1 heterocycles. The average molecular weight is 162 g/mol. The quantitative estimate of drug-likeness (QED) is 0.651. The van der Waals surface area contributed by atoms with Crippen molar-refractivity contribution < 1.29 is 0 Å². The van der Waals surface area contributed by atoms with Crippen molar-refractivity contribution in [3.63, 3.8) is 0 Å². The lowest BCUT2D eigenvalue weighted by molar-refractivity contribution is 0.644. The van der Waals surface area contributed by atoms with Gasteiger partial charge in [-0.3, -0.25) is 0 Å². The molecule has 0 amide bonds. The first-order valence-electron chi connectivity index (χ1n) is 4.40. The lowest BCUT2D eigenvalue weighted by Crippen LogP contribution is -2.23. The van der Waals surface area contributed by atoms with Crippen LogP contribution in [-0.4, -0.2) is 13.6 Å². The van der Waals surface area contributed by atoms with Crippen molar-refractivity contribution in [2.24, 2.45) is 0 Å². The molecule has 1 aliphatic rings. The lowest BCUT2D eigenvalue weighted by atomic mass is 10.0. The average Bonchev–Trinajstić information content (AvgIpc) is 2.17. The molecule has 2 heteroatoms. The zero-order valence-corrected chi connectivity index (χ0v) is 7.35. The van der Waals surface area contributed by atoms with Crippen LogP contribution in [0, 0.1) is 0 Å². The molecule has 0 aliphatic carbocycles. The van der Waals surface area contributed by atoms with E-state index in [0.29, 0.717) is 0 Å². The number of hydrogen-bond donors (Lipinski definition) is 2. The highest BCUT2D eigenvalue weighted by Crippen LogP contribution is 2.18. The molecule has 1 aliphatic heterocycles. The standard InChI is InChI=1S/C10H14N2/c1-11-10-3-2-8-4-5-12-7-9(8)6-10/h2-3,6,11-12H,4-5,7H2,1H3. The van der Waals surface area contributed by atoms with Gasteiger partial charge < -0.3 is 10.6 Å². The van der Waals surface area contributed by atoms with Crippen LogP contribution in [0.2, 0.25) is 0 Å². The molecule has 64 valence electrons. The number of fused-ring (bicyclic) bond motifs is 1. The molecule has 0 aromatic heterocycles. The molecule has 0 atom stereocenters. The van der Waals surface area contributed by atoms with Crippen molar-refractivity contribution in [1.82, 2.24) is 5.32 Å². The van der Waals surface area contributed by atoms with E-state index in [4.69, 9.17) is 0 Å². The second kappa shape index (κ2) is 3.15. The minimum absolute atomic E-state index is 1.02. The molecule has 0 unspecified atom stereocenters. The Bertz CT molecular complexity index is 281. The Morgan fingerprint density at radius 2 is 2.25 bits per heavy atom. The van der Waals surface area contributed by atoms with Gasteiger partial charge in [0.2, 0.25) is 0 Å². The largest absolute Gasteiger partial charge is 0.388 e. The van der Waals surface area contributed by atoms with Crippen LogP contribution in [0.5, 0.6) is 0 Å². The van der Waals surface area contributed by atoms with Gasteiger partial charge in [-0.25, -0.2) is 0 Å². The molecule has 2 rings (SSSR count). The fraction of sp³-hybridized carbons (Fsp3) is 0.400. The van der Waals surface area contributed by atoms with Crippen LogP contribution in [-0.2, 0) is 13.0 Å². The molecular formula is C10H14N2. The fourth-order valence-electron chi connectivity index (χ4n) is 1.64. The van der Waals surface area contributed by atoms with Crippen LogP contribution in [0.1, 0.15) is 11.1 Å². The summed E-state index contributed by atoms with van der Waals surface area (Å²) in [5.74, 6) is 0. The number of rotatable bonds is 1. The minimum Gasteiger partial charge on any atom is -0.388 e. The van der Waals surface area contributed by atoms with Gasteiger partial charge in [0.25, 0.3) is 0 Å². The summed E-state index contributed by atoms with van der Waals surface area (Å²) in [4.78, 5) is 0. The molecule has 2 N–H and O–H groups in total. The highest BCUT2D eigenvalue weighted by Gasteiger charge is 2.07. The molecule has 0 spiro atoms. The van der Waals surface area contributed by atoms with Crippen LogP contribution in [0.4, 0.5) is 5.69 Å². The van der Waals surface area contributed by atoms with E-state index in [0.717, 1.165) is 13.1 Å². The van der Waals surface area contributed by atoms with E-state index in [9.17, 15) is 0 Å². The second-order valence-corrected chi connectivity index (χ2v) is 3.16. The van der Waals surface area contributed by atoms with Gasteiger partial charge in [0, 0.05) is 19.3 Å². The van der Waals surface area contributed by atoms with Gasteiger partial charge in [0.1, 0.15) is 0 Å². The number of hydrogen-bond acceptors (Lipinski definition) is 2. The van der Waals surface area contributed by atoms with Gasteiger partial charge in [-0.2, -0.15) is 0 Å². The van der Waals surface area contributed by atoms with E-state index in [-0.39, 0.29) is 0 Å². The van der Waals surface area contributed by atoms with Crippen LogP contribution >= 0.6 is 0 Å². The summed E-state index contributed by atoms with van der Waals surface area (Å²) >= 11 is 0. The van der Waals surface area contributed by atoms with Gasteiger partial charge in [-0.05, 0) is 36.2 Å². The lowest BCUT2D eigenvalue weighted by Gasteiger charge is -2.17. The Balaban J connectivity index is 2.36. The van der Waals surface area contributed by atoms with E-state index >= 15 is 0 Å². The van der Waals surface area contributed by atoms with Gasteiger partial charge in [0.15, 0.2) is 0 Å². The summed E-state index contributed by atoms with van der Waals surface area (Å²) in [5, 5.41) is 6.51. The molecule has 0 radical (unpaired) electrons. The zero-order chi connectivity index (χ0) is 8.39. The molecule has 2 nitrogen and oxygen atoms in total. The maximum atomic E-state index is 3.36. The summed E-state index contributed by atoms with van der Waals surface area (Å²) in [6.45, 7) is 2.14. The SMILES string of the molecule is CNc1ccc2c(c1)CNCC2. The molecular weight excluding hydrogens is 148 g/mol. The molecule has 1 aromatic carbocycles. The second-order valence-electron chi connectivity index (χ2n) is 3.16. The van der Waals surface area contributed by atoms with E-state index in [1.54, 1.807) is 0 Å². The summed E-state index contributed by atoms with van der Waals surface area (Å²) in [5.41, 5.74) is 4.14. The van der Waals surface area contributed by atoms with E-state index < -0.39 is 0 Å². The topological polar surface area (TPSA) is 24.1 Å². The monoisotopic (exact) mass is 162 g/mol. The van der Waals surface area contributed by atoms with E-state index in [1.807, 2.05) is 7.05 Å². The number of nitrogens with one attached hydrogen (secondary N) is 2. The summed E-state index contributed by atoms with van der Waals surface area (Å²) in [7, 11) is 1.96. The summed E-state index contributed by atoms with van der Waals surface area (Å²) in [6.07, 6.45) is 1.17. The van der Waals surface area contributed by atoms with Crippen LogP contribution < -0.4 is 10.6 Å². The Morgan fingerprint density at radius 1 is 1.33 bits per heavy atom. The number of anilines is 1. The van der Waals surface area contributed by atoms with Gasteiger partial charge in [0.05, 0.1) is 0 Å². The minimum atomic E-state index is 1.02. The fourth-order valence-corrected chi connectivity index (χ4v) is 1.64. The maximum Gasteiger partial charge on any atom is 0.0341 e. The van der Waals surface area contributed by atoms with Crippen molar-refractivity contribution in [2.45, 2.75) is 13.0 Å². The molecule has 1 aromatic rings. The molecule has 12 heavy (non-hydrogen) atoms. The molecule has 0 bridgehead atoms. The first kappa shape index (κ1) is 7.62. The zero-order valence-electron chi connectivity index (χ0n) is 7.35. The molecule has 0 saturated carbocycles. The van der Waals surface area contributed by atoms with Crippen LogP contribution in [0.25, 0.3) is 0 Å². The van der Waals surface area contributed by atoms with E-state index in [2.05, 4.69) is 28.8 Å². The highest BCUT2D eigenvalue weighted by atomic mass is 14.9. The van der Waals surface area contributed by atoms with Gasteiger partial charge in [-0.15, -0.1) is 0 Å². The maximum absolute atomic E-state index is 3.36. The Labute approximate surface area is 73.0 Å². The number of benzene rings is 1. The van der Waals surface area contributed by atoms with Crippen molar-refractivity contribution >= 4 is 5.69 Å². The van der Waals surface area contributed by atoms with Crippen LogP contribution in [0.3, 0.4) is 0 Å². The van der Waals surface area contributed by atoms with Crippen molar-refractivity contribution in [2.75, 3.05) is 18.9 Å². The molecule has 0 fully saturated rings. The van der Waals surface area contributed by atoms with Gasteiger partial charge >= 0.3 is 0 Å².